The van der Waals surface area contributed by atoms with Crippen LogP contribution >= 0.6 is 15.9 Å². The normalized spacial score (nSPS) is 12.3. The van der Waals surface area contributed by atoms with Crippen molar-refractivity contribution in [3.8, 4) is 0 Å². The molecular weight excluding hydrogens is 298 g/mol. The molecule has 0 aliphatic carbocycles. The second-order valence-corrected chi connectivity index (χ2v) is 5.67. The second-order valence-electron chi connectivity index (χ2n) is 4.76. The van der Waals surface area contributed by atoms with E-state index in [0.29, 0.717) is 6.04 Å². The van der Waals surface area contributed by atoms with Gasteiger partial charge in [-0.2, -0.15) is 0 Å². The molecule has 0 saturated carbocycles. The maximum atomic E-state index is 3.66. The minimum Gasteiger partial charge on any atom is -0.306 e. The maximum Gasteiger partial charge on any atom is 0.0323 e. The monoisotopic (exact) mass is 317 g/mol. The van der Waals surface area contributed by atoms with Crippen LogP contribution in [0, 0.1) is 0 Å². The highest BCUT2D eigenvalue weighted by molar-refractivity contribution is 9.10. The molecule has 2 rings (SSSR count). The van der Waals surface area contributed by atoms with E-state index in [1.54, 1.807) is 0 Å². The Morgan fingerprint density at radius 3 is 2.32 bits per heavy atom. The number of rotatable bonds is 6. The highest BCUT2D eigenvalue weighted by atomic mass is 79.9. The summed E-state index contributed by atoms with van der Waals surface area (Å²) in [4.78, 5) is 0. The Bertz CT molecular complexity index is 478. The molecule has 0 aliphatic rings. The van der Waals surface area contributed by atoms with Crippen LogP contribution in [0.3, 0.4) is 0 Å². The Hall–Kier alpha value is -1.12. The zero-order valence-electron chi connectivity index (χ0n) is 11.3. The standard InChI is InChI=1S/C17H20BrN/c1-2-6-17(15-7-4-3-5-8-15)19-13-14-9-11-16(18)12-10-14/h3-5,7-12,17,19H,2,6,13H2,1H3. The molecule has 2 aromatic rings. The van der Waals surface area contributed by atoms with E-state index < -0.39 is 0 Å². The van der Waals surface area contributed by atoms with Gasteiger partial charge in [0, 0.05) is 17.1 Å². The van der Waals surface area contributed by atoms with Gasteiger partial charge in [-0.25, -0.2) is 0 Å². The van der Waals surface area contributed by atoms with E-state index in [2.05, 4.69) is 82.8 Å². The first-order chi connectivity index (χ1) is 9.29. The van der Waals surface area contributed by atoms with Crippen LogP contribution in [0.4, 0.5) is 0 Å². The van der Waals surface area contributed by atoms with Crippen LogP contribution < -0.4 is 5.32 Å². The van der Waals surface area contributed by atoms with Crippen molar-refractivity contribution in [2.24, 2.45) is 0 Å². The third-order valence-electron chi connectivity index (χ3n) is 3.25. The van der Waals surface area contributed by atoms with Crippen LogP contribution in [0.5, 0.6) is 0 Å². The van der Waals surface area contributed by atoms with Gasteiger partial charge in [0.05, 0.1) is 0 Å². The molecule has 1 unspecified atom stereocenters. The molecule has 0 bridgehead atoms. The zero-order chi connectivity index (χ0) is 13.5. The van der Waals surface area contributed by atoms with Gasteiger partial charge in [-0.1, -0.05) is 71.7 Å². The Morgan fingerprint density at radius 2 is 1.68 bits per heavy atom. The fourth-order valence-electron chi connectivity index (χ4n) is 2.20. The maximum absolute atomic E-state index is 3.66. The third-order valence-corrected chi connectivity index (χ3v) is 3.77. The third kappa shape index (κ3) is 4.48. The molecule has 19 heavy (non-hydrogen) atoms. The molecule has 0 heterocycles. The van der Waals surface area contributed by atoms with Crippen molar-refractivity contribution in [2.75, 3.05) is 0 Å². The van der Waals surface area contributed by atoms with Crippen molar-refractivity contribution in [3.63, 3.8) is 0 Å². The van der Waals surface area contributed by atoms with E-state index in [-0.39, 0.29) is 0 Å². The summed E-state index contributed by atoms with van der Waals surface area (Å²) in [7, 11) is 0. The van der Waals surface area contributed by atoms with Gasteiger partial charge >= 0.3 is 0 Å². The fraction of sp³-hybridized carbons (Fsp3) is 0.294. The molecule has 0 radical (unpaired) electrons. The Labute approximate surface area is 124 Å². The Morgan fingerprint density at radius 1 is 1.00 bits per heavy atom. The van der Waals surface area contributed by atoms with Crippen molar-refractivity contribution in [2.45, 2.75) is 32.4 Å². The molecule has 0 fully saturated rings. The predicted molar refractivity (Wildman–Crippen MR) is 85.1 cm³/mol. The van der Waals surface area contributed by atoms with Crippen LogP contribution in [-0.2, 0) is 6.54 Å². The molecular formula is C17H20BrN. The number of hydrogen-bond acceptors (Lipinski definition) is 1. The first kappa shape index (κ1) is 14.3. The van der Waals surface area contributed by atoms with Crippen LogP contribution in [0.15, 0.2) is 59.1 Å². The van der Waals surface area contributed by atoms with Crippen LogP contribution in [0.2, 0.25) is 0 Å². The quantitative estimate of drug-likeness (QED) is 0.783. The summed E-state index contributed by atoms with van der Waals surface area (Å²) >= 11 is 3.47. The number of hydrogen-bond donors (Lipinski definition) is 1. The molecule has 1 N–H and O–H groups in total. The summed E-state index contributed by atoms with van der Waals surface area (Å²) in [5, 5.41) is 3.66. The van der Waals surface area contributed by atoms with Crippen molar-refractivity contribution < 1.29 is 0 Å². The van der Waals surface area contributed by atoms with Gasteiger partial charge in [-0.3, -0.25) is 0 Å². The fourth-order valence-corrected chi connectivity index (χ4v) is 2.47. The van der Waals surface area contributed by atoms with E-state index in [1.165, 1.54) is 24.0 Å². The minimum absolute atomic E-state index is 0.440. The molecule has 1 nitrogen and oxygen atoms in total. The summed E-state index contributed by atoms with van der Waals surface area (Å²) < 4.78 is 1.13. The average Bonchev–Trinajstić information content (AvgIpc) is 2.46. The number of nitrogens with one attached hydrogen (secondary N) is 1. The summed E-state index contributed by atoms with van der Waals surface area (Å²) in [5.74, 6) is 0. The first-order valence-corrected chi connectivity index (χ1v) is 7.61. The van der Waals surface area contributed by atoms with Gasteiger partial charge in [0.25, 0.3) is 0 Å². The lowest BCUT2D eigenvalue weighted by Crippen LogP contribution is -2.20. The lowest BCUT2D eigenvalue weighted by molar-refractivity contribution is 0.493. The topological polar surface area (TPSA) is 12.0 Å². The molecule has 0 spiro atoms. The Balaban J connectivity index is 1.99. The average molecular weight is 318 g/mol. The van der Waals surface area contributed by atoms with E-state index in [0.717, 1.165) is 11.0 Å². The lowest BCUT2D eigenvalue weighted by atomic mass is 10.0. The molecule has 0 aliphatic heterocycles. The molecule has 2 heteroatoms. The van der Waals surface area contributed by atoms with Gasteiger partial charge < -0.3 is 5.32 Å². The lowest BCUT2D eigenvalue weighted by Gasteiger charge is -2.18. The van der Waals surface area contributed by atoms with E-state index in [4.69, 9.17) is 0 Å². The Kier molecular flexibility index (Phi) is 5.62. The molecule has 0 amide bonds. The summed E-state index contributed by atoms with van der Waals surface area (Å²) in [6.07, 6.45) is 2.35. The van der Waals surface area contributed by atoms with Gasteiger partial charge in [0.15, 0.2) is 0 Å². The second kappa shape index (κ2) is 7.46. The SMILES string of the molecule is CCCC(NCc1ccc(Br)cc1)c1ccccc1. The molecule has 0 aromatic heterocycles. The summed E-state index contributed by atoms with van der Waals surface area (Å²) in [5.41, 5.74) is 2.70. The van der Waals surface area contributed by atoms with Crippen molar-refractivity contribution >= 4 is 15.9 Å². The number of halogens is 1. The first-order valence-electron chi connectivity index (χ1n) is 6.82. The van der Waals surface area contributed by atoms with Crippen LogP contribution in [0.1, 0.15) is 36.9 Å². The van der Waals surface area contributed by atoms with E-state index >= 15 is 0 Å². The summed E-state index contributed by atoms with van der Waals surface area (Å²) in [6.45, 7) is 3.14. The molecule has 0 saturated heterocycles. The largest absolute Gasteiger partial charge is 0.306 e. The van der Waals surface area contributed by atoms with Gasteiger partial charge in [-0.15, -0.1) is 0 Å². The van der Waals surface area contributed by atoms with Gasteiger partial charge in [-0.05, 0) is 29.7 Å². The molecule has 2 aromatic carbocycles. The van der Waals surface area contributed by atoms with Gasteiger partial charge in [0.2, 0.25) is 0 Å². The summed E-state index contributed by atoms with van der Waals surface area (Å²) in [6, 6.07) is 19.6. The zero-order valence-corrected chi connectivity index (χ0v) is 12.9. The smallest absolute Gasteiger partial charge is 0.0323 e. The van der Waals surface area contributed by atoms with Crippen molar-refractivity contribution in [3.05, 3.63) is 70.2 Å². The highest BCUT2D eigenvalue weighted by Crippen LogP contribution is 2.19. The van der Waals surface area contributed by atoms with Crippen LogP contribution in [0.25, 0.3) is 0 Å². The molecule has 100 valence electrons. The minimum atomic E-state index is 0.440. The molecule has 1 atom stereocenters. The van der Waals surface area contributed by atoms with Crippen molar-refractivity contribution in [1.82, 2.24) is 5.32 Å². The highest BCUT2D eigenvalue weighted by Gasteiger charge is 2.09. The van der Waals surface area contributed by atoms with E-state index in [9.17, 15) is 0 Å². The van der Waals surface area contributed by atoms with Crippen LogP contribution in [-0.4, -0.2) is 0 Å². The van der Waals surface area contributed by atoms with Gasteiger partial charge in [0.1, 0.15) is 0 Å². The predicted octanol–water partition coefficient (Wildman–Crippen LogP) is 5.08. The number of benzene rings is 2. The van der Waals surface area contributed by atoms with E-state index in [1.807, 2.05) is 0 Å². The van der Waals surface area contributed by atoms with Crippen molar-refractivity contribution in [1.29, 1.82) is 0 Å².